The van der Waals surface area contributed by atoms with Crippen LogP contribution in [0.1, 0.15) is 71.4 Å². The molecule has 6 nitrogen and oxygen atoms in total. The van der Waals surface area contributed by atoms with E-state index in [9.17, 15) is 9.90 Å². The summed E-state index contributed by atoms with van der Waals surface area (Å²) in [6, 6.07) is 5.64. The Bertz CT molecular complexity index is 933. The van der Waals surface area contributed by atoms with Gasteiger partial charge in [0.1, 0.15) is 5.75 Å². The highest BCUT2D eigenvalue weighted by atomic mass is 32.1. The molecule has 2 saturated heterocycles. The van der Waals surface area contributed by atoms with E-state index in [1.54, 1.807) is 11.3 Å². The molecule has 168 valence electrons. The Labute approximate surface area is 188 Å². The number of aromatic nitrogens is 1. The molecule has 1 N–H and O–H groups in total. The van der Waals surface area contributed by atoms with E-state index in [-0.39, 0.29) is 29.8 Å². The first kappa shape index (κ1) is 22.2. The third-order valence-electron chi connectivity index (χ3n) is 6.19. The zero-order valence-electron chi connectivity index (χ0n) is 18.8. The second kappa shape index (κ2) is 8.88. The first-order valence-electron chi connectivity index (χ1n) is 11.1. The molecule has 0 saturated carbocycles. The van der Waals surface area contributed by atoms with E-state index in [4.69, 9.17) is 9.47 Å². The van der Waals surface area contributed by atoms with Crippen molar-refractivity contribution in [1.82, 2.24) is 9.88 Å². The van der Waals surface area contributed by atoms with E-state index < -0.39 is 0 Å². The third-order valence-corrected chi connectivity index (χ3v) is 7.19. The largest absolute Gasteiger partial charge is 0.491 e. The number of hydrogen-bond donors (Lipinski definition) is 1. The number of aliphatic hydroxyl groups excluding tert-OH is 1. The normalized spacial score (nSPS) is 23.4. The molecular formula is C24H32N2O4S. The van der Waals surface area contributed by atoms with Crippen molar-refractivity contribution < 1.29 is 19.4 Å². The molecular weight excluding hydrogens is 412 g/mol. The molecule has 2 atom stereocenters. The smallest absolute Gasteiger partial charge is 0.253 e. The molecule has 1 aromatic heterocycles. The summed E-state index contributed by atoms with van der Waals surface area (Å²) in [6.07, 6.45) is 4.16. The number of ether oxygens (including phenoxy) is 2. The van der Waals surface area contributed by atoms with E-state index >= 15 is 0 Å². The Kier molecular flexibility index (Phi) is 6.37. The summed E-state index contributed by atoms with van der Waals surface area (Å²) in [7, 11) is 0. The molecule has 2 aliphatic heterocycles. The van der Waals surface area contributed by atoms with Crippen molar-refractivity contribution in [3.63, 3.8) is 0 Å². The van der Waals surface area contributed by atoms with Gasteiger partial charge in [0.05, 0.1) is 33.8 Å². The Morgan fingerprint density at radius 3 is 2.68 bits per heavy atom. The van der Waals surface area contributed by atoms with Gasteiger partial charge in [-0.25, -0.2) is 4.98 Å². The van der Waals surface area contributed by atoms with Crippen LogP contribution in [0.15, 0.2) is 24.4 Å². The zero-order valence-corrected chi connectivity index (χ0v) is 19.6. The van der Waals surface area contributed by atoms with Gasteiger partial charge in [-0.1, -0.05) is 0 Å². The number of hydrogen-bond acceptors (Lipinski definition) is 6. The number of aliphatic hydroxyl groups is 1. The number of thiazole rings is 1. The fraction of sp³-hybridized carbons (Fsp3) is 0.583. The van der Waals surface area contributed by atoms with Crippen LogP contribution in [0.2, 0.25) is 0 Å². The molecule has 1 amide bonds. The van der Waals surface area contributed by atoms with Crippen LogP contribution in [0.25, 0.3) is 0 Å². The number of nitrogens with zero attached hydrogens (tertiary/aromatic N) is 2. The van der Waals surface area contributed by atoms with E-state index in [1.165, 1.54) is 0 Å². The molecule has 0 radical (unpaired) electrons. The molecule has 2 unspecified atom stereocenters. The van der Waals surface area contributed by atoms with Gasteiger partial charge in [-0.15, -0.1) is 11.3 Å². The maximum Gasteiger partial charge on any atom is 0.253 e. The second-order valence-electron chi connectivity index (χ2n) is 9.10. The van der Waals surface area contributed by atoms with Crippen LogP contribution in [0.5, 0.6) is 5.75 Å². The lowest BCUT2D eigenvalue weighted by Crippen LogP contribution is -2.52. The summed E-state index contributed by atoms with van der Waals surface area (Å²) in [5.41, 5.74) is 1.28. The molecule has 31 heavy (non-hydrogen) atoms. The van der Waals surface area contributed by atoms with Gasteiger partial charge in [0, 0.05) is 37.7 Å². The molecule has 2 aromatic rings. The molecule has 7 heteroatoms. The second-order valence-corrected chi connectivity index (χ2v) is 10.4. The summed E-state index contributed by atoms with van der Waals surface area (Å²) in [5, 5.41) is 11.6. The average molecular weight is 445 g/mol. The van der Waals surface area contributed by atoms with E-state index in [2.05, 4.69) is 4.98 Å². The lowest BCUT2D eigenvalue weighted by Gasteiger charge is -2.47. The number of rotatable bonds is 4. The first-order chi connectivity index (χ1) is 14.7. The lowest BCUT2D eigenvalue weighted by molar-refractivity contribution is -0.180. The molecule has 1 aromatic carbocycles. The predicted octanol–water partition coefficient (Wildman–Crippen LogP) is 4.43. The highest BCUT2D eigenvalue weighted by Gasteiger charge is 2.44. The Balaban J connectivity index is 1.41. The van der Waals surface area contributed by atoms with Crippen LogP contribution in [-0.2, 0) is 4.74 Å². The summed E-state index contributed by atoms with van der Waals surface area (Å²) in [4.78, 5) is 20.4. The predicted molar refractivity (Wildman–Crippen MR) is 121 cm³/mol. The Hall–Kier alpha value is -1.96. The van der Waals surface area contributed by atoms with Crippen LogP contribution < -0.4 is 4.74 Å². The highest BCUT2D eigenvalue weighted by molar-refractivity contribution is 7.11. The van der Waals surface area contributed by atoms with Crippen LogP contribution >= 0.6 is 11.3 Å². The molecule has 0 aliphatic carbocycles. The van der Waals surface area contributed by atoms with Gasteiger partial charge in [-0.3, -0.25) is 4.79 Å². The van der Waals surface area contributed by atoms with E-state index in [1.807, 2.05) is 57.0 Å². The van der Waals surface area contributed by atoms with Crippen molar-refractivity contribution in [2.45, 2.75) is 77.3 Å². The summed E-state index contributed by atoms with van der Waals surface area (Å²) in [6.45, 7) is 9.20. The summed E-state index contributed by atoms with van der Waals surface area (Å²) >= 11 is 1.63. The van der Waals surface area contributed by atoms with Gasteiger partial charge in [0.2, 0.25) is 0 Å². The number of aryl methyl sites for hydroxylation is 2. The van der Waals surface area contributed by atoms with Crippen molar-refractivity contribution in [2.75, 3.05) is 13.1 Å². The van der Waals surface area contributed by atoms with Gasteiger partial charge in [-0.05, 0) is 64.3 Å². The minimum absolute atomic E-state index is 0.0417. The standard InChI is InChI=1S/C24H32N2O4S/c1-15(2)29-20-6-5-18(11-16(20)3)23(28)26-9-7-24(8-10-26)13-19(27)12-21(30-24)22-14-25-17(4)31-22/h5-6,11,14-15,19,21,27H,7-10,12-13H2,1-4H3. The summed E-state index contributed by atoms with van der Waals surface area (Å²) in [5.74, 6) is 0.859. The number of likely N-dealkylation sites (tertiary alicyclic amines) is 1. The van der Waals surface area contributed by atoms with Crippen LogP contribution in [0.3, 0.4) is 0 Å². The van der Waals surface area contributed by atoms with Crippen molar-refractivity contribution in [3.8, 4) is 5.75 Å². The maximum absolute atomic E-state index is 13.1. The van der Waals surface area contributed by atoms with Crippen LogP contribution in [0, 0.1) is 13.8 Å². The Morgan fingerprint density at radius 2 is 2.06 bits per heavy atom. The van der Waals surface area contributed by atoms with Gasteiger partial charge >= 0.3 is 0 Å². The van der Waals surface area contributed by atoms with Gasteiger partial charge < -0.3 is 19.5 Å². The minimum Gasteiger partial charge on any atom is -0.491 e. The quantitative estimate of drug-likeness (QED) is 0.755. The topological polar surface area (TPSA) is 71.9 Å². The van der Waals surface area contributed by atoms with E-state index in [0.29, 0.717) is 31.5 Å². The number of piperidine rings is 1. The molecule has 3 heterocycles. The van der Waals surface area contributed by atoms with Gasteiger partial charge in [-0.2, -0.15) is 0 Å². The van der Waals surface area contributed by atoms with E-state index in [0.717, 1.165) is 34.0 Å². The maximum atomic E-state index is 13.1. The van der Waals surface area contributed by atoms with Crippen molar-refractivity contribution in [2.24, 2.45) is 0 Å². The monoisotopic (exact) mass is 444 g/mol. The fourth-order valence-corrected chi connectivity index (χ4v) is 5.48. The Morgan fingerprint density at radius 1 is 1.32 bits per heavy atom. The molecule has 1 spiro atoms. The third kappa shape index (κ3) is 4.94. The van der Waals surface area contributed by atoms with Crippen molar-refractivity contribution in [1.29, 1.82) is 0 Å². The number of carbonyl (C=O) groups excluding carboxylic acids is 1. The van der Waals surface area contributed by atoms with Crippen molar-refractivity contribution >= 4 is 17.2 Å². The number of carbonyl (C=O) groups is 1. The number of benzene rings is 1. The molecule has 0 bridgehead atoms. The fourth-order valence-electron chi connectivity index (χ4n) is 4.65. The number of amides is 1. The molecule has 4 rings (SSSR count). The lowest BCUT2D eigenvalue weighted by atomic mass is 9.81. The zero-order chi connectivity index (χ0) is 22.2. The van der Waals surface area contributed by atoms with Crippen LogP contribution in [0.4, 0.5) is 0 Å². The van der Waals surface area contributed by atoms with Crippen molar-refractivity contribution in [3.05, 3.63) is 45.4 Å². The minimum atomic E-state index is -0.389. The SMILES string of the molecule is Cc1ncc(C2CC(O)CC3(CCN(C(=O)c4ccc(OC(C)C)c(C)c4)CC3)O2)s1. The van der Waals surface area contributed by atoms with Gasteiger partial charge in [0.25, 0.3) is 5.91 Å². The first-order valence-corrected chi connectivity index (χ1v) is 11.9. The van der Waals surface area contributed by atoms with Gasteiger partial charge in [0.15, 0.2) is 0 Å². The molecule has 2 fully saturated rings. The average Bonchev–Trinajstić information content (AvgIpc) is 3.15. The molecule has 2 aliphatic rings. The summed E-state index contributed by atoms with van der Waals surface area (Å²) < 4.78 is 12.3. The highest BCUT2D eigenvalue weighted by Crippen LogP contribution is 2.44. The van der Waals surface area contributed by atoms with Crippen LogP contribution in [-0.4, -0.2) is 51.8 Å².